The number of halogens is 1. The van der Waals surface area contributed by atoms with Crippen molar-refractivity contribution in [2.75, 3.05) is 0 Å². The summed E-state index contributed by atoms with van der Waals surface area (Å²) in [7, 11) is 0. The van der Waals surface area contributed by atoms with Gasteiger partial charge in [-0.2, -0.15) is 0 Å². The Morgan fingerprint density at radius 3 is 2.56 bits per heavy atom. The number of ketones is 1. The van der Waals surface area contributed by atoms with E-state index in [0.717, 1.165) is 11.1 Å². The molecule has 0 spiro atoms. The fourth-order valence-corrected chi connectivity index (χ4v) is 1.86. The lowest BCUT2D eigenvalue weighted by molar-refractivity contribution is 0.104. The Labute approximate surface area is 112 Å². The van der Waals surface area contributed by atoms with E-state index in [1.54, 1.807) is 24.3 Å². The van der Waals surface area contributed by atoms with Crippen molar-refractivity contribution in [3.63, 3.8) is 0 Å². The van der Waals surface area contributed by atoms with Gasteiger partial charge in [-0.1, -0.05) is 59.6 Å². The Morgan fingerprint density at radius 1 is 1.11 bits per heavy atom. The van der Waals surface area contributed by atoms with Gasteiger partial charge in [0.2, 0.25) is 0 Å². The summed E-state index contributed by atoms with van der Waals surface area (Å²) >= 11 is 6.02. The van der Waals surface area contributed by atoms with Gasteiger partial charge in [-0.25, -0.2) is 0 Å². The van der Waals surface area contributed by atoms with Crippen LogP contribution >= 0.6 is 11.6 Å². The van der Waals surface area contributed by atoms with Gasteiger partial charge in [0.15, 0.2) is 5.78 Å². The maximum absolute atomic E-state index is 12.0. The Kier molecular flexibility index (Phi) is 3.96. The molecular weight excluding hydrogens is 244 g/mol. The summed E-state index contributed by atoms with van der Waals surface area (Å²) in [6.07, 6.45) is 3.34. The second kappa shape index (κ2) is 5.65. The van der Waals surface area contributed by atoms with E-state index in [4.69, 9.17) is 11.6 Å². The minimum Gasteiger partial charge on any atom is -0.289 e. The van der Waals surface area contributed by atoms with E-state index in [0.29, 0.717) is 10.6 Å². The van der Waals surface area contributed by atoms with Crippen LogP contribution in [-0.2, 0) is 0 Å². The SMILES string of the molecule is Cc1ccc(Cl)c(C(=O)C=Cc2ccccc2)c1. The highest BCUT2D eigenvalue weighted by Crippen LogP contribution is 2.18. The molecule has 0 amide bonds. The average Bonchev–Trinajstić information content (AvgIpc) is 2.40. The molecule has 0 N–H and O–H groups in total. The van der Waals surface area contributed by atoms with Gasteiger partial charge in [-0.05, 0) is 30.7 Å². The highest BCUT2D eigenvalue weighted by molar-refractivity contribution is 6.34. The smallest absolute Gasteiger partial charge is 0.187 e. The van der Waals surface area contributed by atoms with Gasteiger partial charge >= 0.3 is 0 Å². The zero-order valence-electron chi connectivity index (χ0n) is 10.1. The van der Waals surface area contributed by atoms with Crippen molar-refractivity contribution in [2.24, 2.45) is 0 Å². The number of allylic oxidation sites excluding steroid dienone is 1. The van der Waals surface area contributed by atoms with Crippen molar-refractivity contribution in [2.45, 2.75) is 6.92 Å². The number of carbonyl (C=O) groups excluding carboxylic acids is 1. The minimum atomic E-state index is -0.0763. The largest absolute Gasteiger partial charge is 0.289 e. The van der Waals surface area contributed by atoms with Crippen molar-refractivity contribution >= 4 is 23.5 Å². The number of carbonyl (C=O) groups is 1. The maximum Gasteiger partial charge on any atom is 0.187 e. The van der Waals surface area contributed by atoms with Crippen LogP contribution in [0.4, 0.5) is 0 Å². The Hall–Kier alpha value is -1.86. The summed E-state index contributed by atoms with van der Waals surface area (Å²) in [4.78, 5) is 12.0. The topological polar surface area (TPSA) is 17.1 Å². The van der Waals surface area contributed by atoms with Crippen LogP contribution in [0, 0.1) is 6.92 Å². The number of rotatable bonds is 3. The summed E-state index contributed by atoms with van der Waals surface area (Å²) in [6, 6.07) is 15.1. The normalized spacial score (nSPS) is 10.8. The van der Waals surface area contributed by atoms with E-state index in [2.05, 4.69) is 0 Å². The van der Waals surface area contributed by atoms with Crippen LogP contribution in [0.3, 0.4) is 0 Å². The van der Waals surface area contributed by atoms with Crippen molar-refractivity contribution < 1.29 is 4.79 Å². The highest BCUT2D eigenvalue weighted by Gasteiger charge is 2.07. The molecule has 18 heavy (non-hydrogen) atoms. The van der Waals surface area contributed by atoms with Crippen molar-refractivity contribution in [3.05, 3.63) is 76.3 Å². The number of hydrogen-bond donors (Lipinski definition) is 0. The zero-order chi connectivity index (χ0) is 13.0. The molecule has 0 aliphatic heterocycles. The molecule has 0 bridgehead atoms. The molecule has 0 atom stereocenters. The van der Waals surface area contributed by atoms with Crippen LogP contribution in [-0.4, -0.2) is 5.78 Å². The van der Waals surface area contributed by atoms with Crippen LogP contribution in [0.25, 0.3) is 6.08 Å². The fraction of sp³-hybridized carbons (Fsp3) is 0.0625. The third kappa shape index (κ3) is 3.08. The van der Waals surface area contributed by atoms with Gasteiger partial charge in [0, 0.05) is 5.56 Å². The molecule has 2 aromatic rings. The molecule has 1 nitrogen and oxygen atoms in total. The minimum absolute atomic E-state index is 0.0763. The Morgan fingerprint density at radius 2 is 1.83 bits per heavy atom. The lowest BCUT2D eigenvalue weighted by Crippen LogP contribution is -1.96. The molecule has 0 saturated carbocycles. The van der Waals surface area contributed by atoms with Gasteiger partial charge in [0.1, 0.15) is 0 Å². The standard InChI is InChI=1S/C16H13ClO/c1-12-7-9-15(17)14(11-12)16(18)10-8-13-5-3-2-4-6-13/h2-11H,1H3. The molecule has 0 fully saturated rings. The molecular formula is C16H13ClO. The molecule has 2 aromatic carbocycles. The van der Waals surface area contributed by atoms with Crippen molar-refractivity contribution in [1.29, 1.82) is 0 Å². The first-order valence-electron chi connectivity index (χ1n) is 5.70. The molecule has 0 unspecified atom stereocenters. The van der Waals surface area contributed by atoms with Gasteiger partial charge in [-0.15, -0.1) is 0 Å². The highest BCUT2D eigenvalue weighted by atomic mass is 35.5. The summed E-state index contributed by atoms with van der Waals surface area (Å²) in [6.45, 7) is 1.94. The van der Waals surface area contributed by atoms with Gasteiger partial charge in [0.05, 0.1) is 5.02 Å². The molecule has 0 saturated heterocycles. The Bertz CT molecular complexity index is 585. The average molecular weight is 257 g/mol. The van der Waals surface area contributed by atoms with Crippen molar-refractivity contribution in [3.8, 4) is 0 Å². The molecule has 0 heterocycles. The predicted octanol–water partition coefficient (Wildman–Crippen LogP) is 4.54. The first-order chi connectivity index (χ1) is 8.66. The second-order valence-corrected chi connectivity index (χ2v) is 4.50. The zero-order valence-corrected chi connectivity index (χ0v) is 10.8. The van der Waals surface area contributed by atoms with Crippen LogP contribution < -0.4 is 0 Å². The molecule has 90 valence electrons. The number of benzene rings is 2. The first-order valence-corrected chi connectivity index (χ1v) is 6.08. The third-order valence-corrected chi connectivity index (χ3v) is 2.94. The van der Waals surface area contributed by atoms with Crippen LogP contribution in [0.5, 0.6) is 0 Å². The molecule has 2 rings (SSSR count). The molecule has 0 aliphatic carbocycles. The van der Waals surface area contributed by atoms with Crippen LogP contribution in [0.15, 0.2) is 54.6 Å². The number of hydrogen-bond acceptors (Lipinski definition) is 1. The molecule has 0 radical (unpaired) electrons. The summed E-state index contributed by atoms with van der Waals surface area (Å²) in [5.74, 6) is -0.0763. The fourth-order valence-electron chi connectivity index (χ4n) is 1.65. The molecule has 0 aliphatic rings. The number of aryl methyl sites for hydroxylation is 1. The van der Waals surface area contributed by atoms with E-state index in [-0.39, 0.29) is 5.78 Å². The molecule has 0 aromatic heterocycles. The maximum atomic E-state index is 12.0. The predicted molar refractivity (Wildman–Crippen MR) is 76.0 cm³/mol. The van der Waals surface area contributed by atoms with Crippen LogP contribution in [0.2, 0.25) is 5.02 Å². The van der Waals surface area contributed by atoms with Crippen molar-refractivity contribution in [1.82, 2.24) is 0 Å². The Balaban J connectivity index is 2.22. The van der Waals surface area contributed by atoms with E-state index in [1.807, 2.05) is 43.3 Å². The third-order valence-electron chi connectivity index (χ3n) is 2.61. The first kappa shape index (κ1) is 12.6. The van der Waals surface area contributed by atoms with Gasteiger partial charge in [0.25, 0.3) is 0 Å². The van der Waals surface area contributed by atoms with Crippen LogP contribution in [0.1, 0.15) is 21.5 Å². The quantitative estimate of drug-likeness (QED) is 0.582. The second-order valence-electron chi connectivity index (χ2n) is 4.09. The monoisotopic (exact) mass is 256 g/mol. The summed E-state index contributed by atoms with van der Waals surface area (Å²) < 4.78 is 0. The molecule has 2 heteroatoms. The van der Waals surface area contributed by atoms with E-state index < -0.39 is 0 Å². The summed E-state index contributed by atoms with van der Waals surface area (Å²) in [5.41, 5.74) is 2.56. The summed E-state index contributed by atoms with van der Waals surface area (Å²) in [5, 5.41) is 0.489. The van der Waals surface area contributed by atoms with E-state index in [9.17, 15) is 4.79 Å². The van der Waals surface area contributed by atoms with Gasteiger partial charge < -0.3 is 0 Å². The van der Waals surface area contributed by atoms with E-state index in [1.165, 1.54) is 0 Å². The lowest BCUT2D eigenvalue weighted by atomic mass is 10.1. The van der Waals surface area contributed by atoms with E-state index >= 15 is 0 Å². The van der Waals surface area contributed by atoms with Gasteiger partial charge in [-0.3, -0.25) is 4.79 Å². The lowest BCUT2D eigenvalue weighted by Gasteiger charge is -2.01.